The van der Waals surface area contributed by atoms with Gasteiger partial charge in [0.1, 0.15) is 5.82 Å². The van der Waals surface area contributed by atoms with Gasteiger partial charge in [-0.25, -0.2) is 4.39 Å². The van der Waals surface area contributed by atoms with Gasteiger partial charge in [-0.05, 0) is 37.5 Å². The maximum atomic E-state index is 13.2. The SMILES string of the molecule is CC12CCC(O1)c1cc(F)cc(Br)c12. The van der Waals surface area contributed by atoms with Crippen LogP contribution in [0.15, 0.2) is 16.6 Å². The second-order valence-corrected chi connectivity index (χ2v) is 5.08. The molecule has 74 valence electrons. The highest BCUT2D eigenvalue weighted by atomic mass is 79.9. The lowest BCUT2D eigenvalue weighted by atomic mass is 9.83. The largest absolute Gasteiger partial charge is 0.363 e. The minimum atomic E-state index is -0.188. The molecule has 2 aliphatic rings. The Morgan fingerprint density at radius 3 is 3.14 bits per heavy atom. The predicted octanol–water partition coefficient (Wildman–Crippen LogP) is 3.67. The maximum Gasteiger partial charge on any atom is 0.124 e. The number of ether oxygens (including phenoxy) is 1. The first kappa shape index (κ1) is 8.86. The zero-order valence-corrected chi connectivity index (χ0v) is 9.40. The molecule has 0 N–H and O–H groups in total. The third-order valence-electron chi connectivity index (χ3n) is 3.25. The standard InChI is InChI=1S/C11H10BrFO/c1-11-3-2-9(14-11)7-4-6(13)5-8(12)10(7)11/h4-5,9H,2-3H2,1H3. The van der Waals surface area contributed by atoms with Crippen LogP contribution in [0.2, 0.25) is 0 Å². The fourth-order valence-corrected chi connectivity index (χ4v) is 3.51. The monoisotopic (exact) mass is 256 g/mol. The van der Waals surface area contributed by atoms with Crippen LogP contribution in [-0.2, 0) is 10.3 Å². The second kappa shape index (κ2) is 2.58. The summed E-state index contributed by atoms with van der Waals surface area (Å²) in [7, 11) is 0. The van der Waals surface area contributed by atoms with Crippen LogP contribution in [0, 0.1) is 5.82 Å². The molecule has 2 unspecified atom stereocenters. The van der Waals surface area contributed by atoms with Gasteiger partial charge in [0.15, 0.2) is 0 Å². The molecule has 2 atom stereocenters. The molecule has 0 radical (unpaired) electrons. The highest BCUT2D eigenvalue weighted by Crippen LogP contribution is 2.56. The minimum absolute atomic E-state index is 0.113. The van der Waals surface area contributed by atoms with E-state index < -0.39 is 0 Å². The summed E-state index contributed by atoms with van der Waals surface area (Å²) in [4.78, 5) is 0. The molecule has 0 aromatic heterocycles. The van der Waals surface area contributed by atoms with Crippen molar-refractivity contribution in [2.75, 3.05) is 0 Å². The Labute approximate surface area is 90.4 Å². The zero-order chi connectivity index (χ0) is 9.92. The van der Waals surface area contributed by atoms with Gasteiger partial charge >= 0.3 is 0 Å². The fourth-order valence-electron chi connectivity index (χ4n) is 2.65. The third-order valence-corrected chi connectivity index (χ3v) is 3.87. The smallest absolute Gasteiger partial charge is 0.124 e. The van der Waals surface area contributed by atoms with Crippen molar-refractivity contribution >= 4 is 15.9 Å². The van der Waals surface area contributed by atoms with Crippen molar-refractivity contribution in [3.05, 3.63) is 33.5 Å². The summed E-state index contributed by atoms with van der Waals surface area (Å²) in [5, 5.41) is 0. The van der Waals surface area contributed by atoms with Gasteiger partial charge in [0.25, 0.3) is 0 Å². The Hall–Kier alpha value is -0.410. The molecule has 1 fully saturated rings. The Balaban J connectivity index is 2.30. The van der Waals surface area contributed by atoms with Gasteiger partial charge in [0.05, 0.1) is 11.7 Å². The van der Waals surface area contributed by atoms with E-state index in [1.54, 1.807) is 6.07 Å². The molecule has 3 heteroatoms. The summed E-state index contributed by atoms with van der Waals surface area (Å²) in [6, 6.07) is 3.13. The van der Waals surface area contributed by atoms with E-state index in [-0.39, 0.29) is 17.5 Å². The van der Waals surface area contributed by atoms with E-state index in [1.807, 2.05) is 0 Å². The summed E-state index contributed by atoms with van der Waals surface area (Å²) in [5.41, 5.74) is 1.99. The molecule has 1 nitrogen and oxygen atoms in total. The van der Waals surface area contributed by atoms with Gasteiger partial charge < -0.3 is 4.74 Å². The average Bonchev–Trinajstić information content (AvgIpc) is 2.57. The number of rotatable bonds is 0. The first-order chi connectivity index (χ1) is 6.60. The number of hydrogen-bond donors (Lipinski definition) is 0. The third kappa shape index (κ3) is 0.971. The van der Waals surface area contributed by atoms with Crippen molar-refractivity contribution < 1.29 is 9.13 Å². The van der Waals surface area contributed by atoms with Crippen molar-refractivity contribution in [3.63, 3.8) is 0 Å². The summed E-state index contributed by atoms with van der Waals surface area (Å²) < 4.78 is 19.9. The minimum Gasteiger partial charge on any atom is -0.363 e. The Bertz CT molecular complexity index is 418. The number of fused-ring (bicyclic) bond motifs is 5. The van der Waals surface area contributed by atoms with Crippen LogP contribution in [0.25, 0.3) is 0 Å². The molecule has 0 amide bonds. The van der Waals surface area contributed by atoms with Crippen molar-refractivity contribution in [2.45, 2.75) is 31.5 Å². The Morgan fingerprint density at radius 1 is 1.57 bits per heavy atom. The van der Waals surface area contributed by atoms with Gasteiger partial charge in [0.2, 0.25) is 0 Å². The van der Waals surface area contributed by atoms with Crippen LogP contribution < -0.4 is 0 Å². The maximum absolute atomic E-state index is 13.2. The van der Waals surface area contributed by atoms with Crippen molar-refractivity contribution in [1.29, 1.82) is 0 Å². The average molecular weight is 257 g/mol. The molecule has 3 rings (SSSR count). The lowest BCUT2D eigenvalue weighted by Gasteiger charge is -2.22. The molecule has 1 aromatic rings. The van der Waals surface area contributed by atoms with Gasteiger partial charge in [-0.2, -0.15) is 0 Å². The number of hydrogen-bond acceptors (Lipinski definition) is 1. The highest BCUT2D eigenvalue weighted by molar-refractivity contribution is 9.10. The molecule has 2 bridgehead atoms. The second-order valence-electron chi connectivity index (χ2n) is 4.23. The first-order valence-corrected chi connectivity index (χ1v) is 5.57. The molecule has 2 aliphatic heterocycles. The molecule has 0 aliphatic carbocycles. The fraction of sp³-hybridized carbons (Fsp3) is 0.455. The predicted molar refractivity (Wildman–Crippen MR) is 54.5 cm³/mol. The van der Waals surface area contributed by atoms with Crippen LogP contribution in [0.4, 0.5) is 4.39 Å². The van der Waals surface area contributed by atoms with Crippen LogP contribution in [0.5, 0.6) is 0 Å². The Kier molecular flexibility index (Phi) is 1.63. The lowest BCUT2D eigenvalue weighted by molar-refractivity contribution is -0.00733. The van der Waals surface area contributed by atoms with Crippen LogP contribution in [0.1, 0.15) is 37.0 Å². The van der Waals surface area contributed by atoms with E-state index in [1.165, 1.54) is 6.07 Å². The van der Waals surface area contributed by atoms with E-state index in [0.29, 0.717) is 0 Å². The van der Waals surface area contributed by atoms with Crippen LogP contribution >= 0.6 is 15.9 Å². The van der Waals surface area contributed by atoms with Crippen LogP contribution in [0.3, 0.4) is 0 Å². The Morgan fingerprint density at radius 2 is 2.36 bits per heavy atom. The van der Waals surface area contributed by atoms with Gasteiger partial charge in [0, 0.05) is 10.0 Å². The van der Waals surface area contributed by atoms with E-state index in [4.69, 9.17) is 4.74 Å². The number of benzene rings is 1. The van der Waals surface area contributed by atoms with E-state index in [0.717, 1.165) is 28.4 Å². The summed E-state index contributed by atoms with van der Waals surface area (Å²) in [6.07, 6.45) is 2.16. The molecule has 1 aromatic carbocycles. The summed E-state index contributed by atoms with van der Waals surface area (Å²) in [5.74, 6) is -0.185. The first-order valence-electron chi connectivity index (χ1n) is 4.77. The highest BCUT2D eigenvalue weighted by Gasteiger charge is 2.48. The zero-order valence-electron chi connectivity index (χ0n) is 7.81. The molecular formula is C11H10BrFO. The van der Waals surface area contributed by atoms with E-state index in [9.17, 15) is 4.39 Å². The van der Waals surface area contributed by atoms with Gasteiger partial charge in [-0.3, -0.25) is 0 Å². The van der Waals surface area contributed by atoms with Crippen molar-refractivity contribution in [2.24, 2.45) is 0 Å². The van der Waals surface area contributed by atoms with E-state index >= 15 is 0 Å². The van der Waals surface area contributed by atoms with Crippen molar-refractivity contribution in [3.8, 4) is 0 Å². The lowest BCUT2D eigenvalue weighted by Crippen LogP contribution is -2.18. The van der Waals surface area contributed by atoms with Crippen molar-refractivity contribution in [1.82, 2.24) is 0 Å². The molecular weight excluding hydrogens is 247 g/mol. The number of halogens is 2. The quantitative estimate of drug-likeness (QED) is 0.689. The summed E-state index contributed by atoms with van der Waals surface area (Å²) in [6.45, 7) is 2.08. The molecule has 2 heterocycles. The molecule has 1 saturated heterocycles. The normalized spacial score (nSPS) is 33.5. The van der Waals surface area contributed by atoms with Gasteiger partial charge in [-0.1, -0.05) is 15.9 Å². The molecule has 14 heavy (non-hydrogen) atoms. The topological polar surface area (TPSA) is 9.23 Å². The van der Waals surface area contributed by atoms with E-state index in [2.05, 4.69) is 22.9 Å². The molecule has 0 saturated carbocycles. The van der Waals surface area contributed by atoms with Gasteiger partial charge in [-0.15, -0.1) is 0 Å². The molecule has 0 spiro atoms. The summed E-state index contributed by atoms with van der Waals surface area (Å²) >= 11 is 3.42. The van der Waals surface area contributed by atoms with Crippen LogP contribution in [-0.4, -0.2) is 0 Å².